The third kappa shape index (κ3) is 4.13. The molecule has 1 saturated heterocycles. The summed E-state index contributed by atoms with van der Waals surface area (Å²) in [6.07, 6.45) is 0.964. The number of nitriles is 1. The van der Waals surface area contributed by atoms with Crippen LogP contribution in [-0.2, 0) is 14.8 Å². The molecule has 7 heteroatoms. The third-order valence-electron chi connectivity index (χ3n) is 3.95. The van der Waals surface area contributed by atoms with Crippen LogP contribution in [0.25, 0.3) is 0 Å². The van der Waals surface area contributed by atoms with Gasteiger partial charge in [0.1, 0.15) is 6.07 Å². The molecule has 2 rings (SSSR count). The minimum absolute atomic E-state index is 0.0306. The van der Waals surface area contributed by atoms with Crippen LogP contribution < -0.4 is 5.32 Å². The zero-order chi connectivity index (χ0) is 18.0. The molecule has 0 atom stereocenters. The van der Waals surface area contributed by atoms with Crippen LogP contribution >= 0.6 is 0 Å². The van der Waals surface area contributed by atoms with Crippen molar-refractivity contribution in [1.82, 2.24) is 9.62 Å². The fourth-order valence-electron chi connectivity index (χ4n) is 2.75. The number of amides is 1. The van der Waals surface area contributed by atoms with Crippen LogP contribution in [0.1, 0.15) is 39.2 Å². The number of piperidine rings is 1. The van der Waals surface area contributed by atoms with Gasteiger partial charge in [-0.25, -0.2) is 8.42 Å². The average molecular weight is 349 g/mol. The van der Waals surface area contributed by atoms with E-state index in [9.17, 15) is 13.2 Å². The number of benzene rings is 1. The summed E-state index contributed by atoms with van der Waals surface area (Å²) in [4.78, 5) is 12.3. The van der Waals surface area contributed by atoms with E-state index < -0.39 is 10.0 Å². The van der Waals surface area contributed by atoms with Crippen molar-refractivity contribution in [1.29, 1.82) is 5.26 Å². The van der Waals surface area contributed by atoms with E-state index in [-0.39, 0.29) is 40.9 Å². The molecule has 1 fully saturated rings. The zero-order valence-electron chi connectivity index (χ0n) is 14.2. The minimum Gasteiger partial charge on any atom is -0.351 e. The van der Waals surface area contributed by atoms with Gasteiger partial charge in [0.05, 0.1) is 10.5 Å². The molecule has 1 aliphatic heterocycles. The van der Waals surface area contributed by atoms with Gasteiger partial charge in [-0.1, -0.05) is 12.1 Å². The van der Waals surface area contributed by atoms with Gasteiger partial charge in [-0.2, -0.15) is 9.57 Å². The fourth-order valence-corrected chi connectivity index (χ4v) is 4.36. The average Bonchev–Trinajstić information content (AvgIpc) is 2.53. The lowest BCUT2D eigenvalue weighted by Gasteiger charge is -2.32. The van der Waals surface area contributed by atoms with Crippen LogP contribution in [0.5, 0.6) is 0 Å². The topological polar surface area (TPSA) is 90.3 Å². The first-order valence-corrected chi connectivity index (χ1v) is 9.40. The van der Waals surface area contributed by atoms with E-state index in [2.05, 4.69) is 5.32 Å². The summed E-state index contributed by atoms with van der Waals surface area (Å²) in [5, 5.41) is 12.1. The Morgan fingerprint density at radius 2 is 1.83 bits per heavy atom. The molecular formula is C17H23N3O3S. The third-order valence-corrected chi connectivity index (χ3v) is 5.91. The van der Waals surface area contributed by atoms with Gasteiger partial charge in [0.25, 0.3) is 0 Å². The van der Waals surface area contributed by atoms with Gasteiger partial charge >= 0.3 is 0 Å². The largest absolute Gasteiger partial charge is 0.351 e. The Kier molecular flexibility index (Phi) is 5.31. The molecule has 0 aliphatic carbocycles. The second-order valence-electron chi connectivity index (χ2n) is 7.03. The van der Waals surface area contributed by atoms with Gasteiger partial charge in [-0.15, -0.1) is 0 Å². The Hall–Kier alpha value is -1.91. The van der Waals surface area contributed by atoms with Crippen LogP contribution in [-0.4, -0.2) is 37.3 Å². The zero-order valence-corrected chi connectivity index (χ0v) is 15.1. The summed E-state index contributed by atoms with van der Waals surface area (Å²) in [5.41, 5.74) is -0.156. The van der Waals surface area contributed by atoms with Crippen LogP contribution in [0.4, 0.5) is 0 Å². The fraction of sp³-hybridized carbons (Fsp3) is 0.529. The molecule has 0 aromatic heterocycles. The van der Waals surface area contributed by atoms with Gasteiger partial charge in [0, 0.05) is 24.5 Å². The molecule has 1 aliphatic rings. The highest BCUT2D eigenvalue weighted by Crippen LogP contribution is 2.26. The molecule has 1 aromatic carbocycles. The maximum absolute atomic E-state index is 12.7. The van der Waals surface area contributed by atoms with Crippen LogP contribution in [0, 0.1) is 17.2 Å². The highest BCUT2D eigenvalue weighted by Gasteiger charge is 2.33. The molecule has 0 unspecified atom stereocenters. The van der Waals surface area contributed by atoms with E-state index in [1.807, 2.05) is 26.8 Å². The smallest absolute Gasteiger partial charge is 0.244 e. The number of nitrogens with one attached hydrogen (secondary N) is 1. The molecule has 1 N–H and O–H groups in total. The predicted molar refractivity (Wildman–Crippen MR) is 90.5 cm³/mol. The maximum atomic E-state index is 12.7. The van der Waals surface area contributed by atoms with E-state index >= 15 is 0 Å². The van der Waals surface area contributed by atoms with E-state index in [0.717, 1.165) is 0 Å². The van der Waals surface area contributed by atoms with Crippen molar-refractivity contribution in [3.8, 4) is 6.07 Å². The first-order valence-electron chi connectivity index (χ1n) is 7.96. The molecule has 24 heavy (non-hydrogen) atoms. The molecule has 0 radical (unpaired) electrons. The molecule has 130 valence electrons. The molecular weight excluding hydrogens is 326 g/mol. The van der Waals surface area contributed by atoms with Crippen molar-refractivity contribution in [2.24, 2.45) is 5.92 Å². The van der Waals surface area contributed by atoms with Crippen molar-refractivity contribution in [3.05, 3.63) is 29.8 Å². The van der Waals surface area contributed by atoms with Crippen LogP contribution in [0.3, 0.4) is 0 Å². The number of hydrogen-bond donors (Lipinski definition) is 1. The Morgan fingerprint density at radius 3 is 2.38 bits per heavy atom. The van der Waals surface area contributed by atoms with E-state index in [4.69, 9.17) is 5.26 Å². The number of carbonyl (C=O) groups excluding carboxylic acids is 1. The summed E-state index contributed by atoms with van der Waals surface area (Å²) in [6.45, 7) is 6.32. The first-order chi connectivity index (χ1) is 11.1. The molecule has 0 spiro atoms. The monoisotopic (exact) mass is 349 g/mol. The first kappa shape index (κ1) is 18.4. The van der Waals surface area contributed by atoms with Crippen molar-refractivity contribution in [2.45, 2.75) is 44.0 Å². The number of carbonyl (C=O) groups is 1. The lowest BCUT2D eigenvalue weighted by Crippen LogP contribution is -2.47. The lowest BCUT2D eigenvalue weighted by molar-refractivity contribution is -0.127. The van der Waals surface area contributed by atoms with Gasteiger partial charge in [-0.3, -0.25) is 4.79 Å². The SMILES string of the molecule is CC(C)(C)NC(=O)C1CCN(S(=O)(=O)c2ccccc2C#N)CC1. The van der Waals surface area contributed by atoms with E-state index in [0.29, 0.717) is 12.8 Å². The maximum Gasteiger partial charge on any atom is 0.244 e. The summed E-state index contributed by atoms with van der Waals surface area (Å²) in [5.74, 6) is -0.209. The summed E-state index contributed by atoms with van der Waals surface area (Å²) < 4.78 is 26.9. The number of sulfonamides is 1. The van der Waals surface area contributed by atoms with Crippen LogP contribution in [0.15, 0.2) is 29.2 Å². The van der Waals surface area contributed by atoms with E-state index in [1.165, 1.54) is 16.4 Å². The van der Waals surface area contributed by atoms with Gasteiger partial charge < -0.3 is 5.32 Å². The minimum atomic E-state index is -3.71. The Labute approximate surface area is 143 Å². The number of hydrogen-bond acceptors (Lipinski definition) is 4. The second-order valence-corrected chi connectivity index (χ2v) is 8.93. The standard InChI is InChI=1S/C17H23N3O3S/c1-17(2,3)19-16(21)13-8-10-20(11-9-13)24(22,23)15-7-5-4-6-14(15)12-18/h4-7,13H,8-11H2,1-3H3,(H,19,21). The van der Waals surface area contributed by atoms with Crippen molar-refractivity contribution >= 4 is 15.9 Å². The van der Waals surface area contributed by atoms with Crippen molar-refractivity contribution < 1.29 is 13.2 Å². The summed E-state index contributed by atoms with van der Waals surface area (Å²) >= 11 is 0. The van der Waals surface area contributed by atoms with Crippen molar-refractivity contribution in [3.63, 3.8) is 0 Å². The second kappa shape index (κ2) is 6.91. The highest BCUT2D eigenvalue weighted by molar-refractivity contribution is 7.89. The molecule has 6 nitrogen and oxygen atoms in total. The van der Waals surface area contributed by atoms with Gasteiger partial charge in [-0.05, 0) is 45.7 Å². The lowest BCUT2D eigenvalue weighted by atomic mass is 9.96. The molecule has 0 saturated carbocycles. The van der Waals surface area contributed by atoms with Gasteiger partial charge in [0.2, 0.25) is 15.9 Å². The molecule has 1 heterocycles. The Morgan fingerprint density at radius 1 is 1.25 bits per heavy atom. The highest BCUT2D eigenvalue weighted by atomic mass is 32.2. The Balaban J connectivity index is 2.09. The number of rotatable bonds is 3. The molecule has 1 amide bonds. The normalized spacial score (nSPS) is 17.2. The Bertz CT molecular complexity index is 752. The summed E-state index contributed by atoms with van der Waals surface area (Å²) in [6, 6.07) is 8.12. The number of nitrogens with zero attached hydrogens (tertiary/aromatic N) is 2. The molecule has 1 aromatic rings. The summed E-state index contributed by atoms with van der Waals surface area (Å²) in [7, 11) is -3.71. The predicted octanol–water partition coefficient (Wildman–Crippen LogP) is 1.87. The van der Waals surface area contributed by atoms with Crippen LogP contribution in [0.2, 0.25) is 0 Å². The quantitative estimate of drug-likeness (QED) is 0.902. The van der Waals surface area contributed by atoms with Crippen molar-refractivity contribution in [2.75, 3.05) is 13.1 Å². The molecule has 0 bridgehead atoms. The van der Waals surface area contributed by atoms with E-state index in [1.54, 1.807) is 12.1 Å². The van der Waals surface area contributed by atoms with Gasteiger partial charge in [0.15, 0.2) is 0 Å².